The molecule has 2 rings (SSSR count). The van der Waals surface area contributed by atoms with Gasteiger partial charge in [0.1, 0.15) is 0 Å². The number of rotatable bonds is 2. The molecule has 0 atom stereocenters. The van der Waals surface area contributed by atoms with Crippen molar-refractivity contribution in [1.29, 1.82) is 0 Å². The topological polar surface area (TPSA) is 20.3 Å². The van der Waals surface area contributed by atoms with E-state index in [1.54, 1.807) is 0 Å². The minimum atomic E-state index is 0.247. The number of hydrogen-bond donors (Lipinski definition) is 0. The van der Waals surface area contributed by atoms with Crippen molar-refractivity contribution in [3.63, 3.8) is 0 Å². The molecule has 0 saturated carbocycles. The minimum absolute atomic E-state index is 0.247. The Morgan fingerprint density at radius 1 is 1.53 bits per heavy atom. The number of thioether (sulfide) groups is 1. The van der Waals surface area contributed by atoms with Gasteiger partial charge in [-0.1, -0.05) is 33.6 Å². The number of aryl methyl sites for hydroxylation is 1. The van der Waals surface area contributed by atoms with Gasteiger partial charge in [-0.15, -0.1) is 11.8 Å². The Labute approximate surface area is 115 Å². The average Bonchev–Trinajstić information content (AvgIpc) is 2.50. The number of benzene rings is 1. The van der Waals surface area contributed by atoms with Crippen molar-refractivity contribution in [1.82, 2.24) is 4.90 Å². The average molecular weight is 314 g/mol. The second-order valence-electron chi connectivity index (χ2n) is 4.21. The summed E-state index contributed by atoms with van der Waals surface area (Å²) in [5, 5.41) is 0.746. The Balaban J connectivity index is 2.18. The maximum absolute atomic E-state index is 11.9. The van der Waals surface area contributed by atoms with Gasteiger partial charge in [0.25, 0.3) is 0 Å². The summed E-state index contributed by atoms with van der Waals surface area (Å²) in [7, 11) is 0. The van der Waals surface area contributed by atoms with Gasteiger partial charge >= 0.3 is 0 Å². The van der Waals surface area contributed by atoms with E-state index in [9.17, 15) is 4.79 Å². The third-order valence-electron chi connectivity index (χ3n) is 2.86. The quantitative estimate of drug-likeness (QED) is 0.781. The predicted octanol–water partition coefficient (Wildman–Crippen LogP) is 3.21. The molecular formula is C13H16BrNOS. The standard InChI is InChI=1S/C13H16BrNOS/c1-10-2-3-12-11(8-10)9-15(6-7-17-12)13(16)4-5-14/h2-3,8H,4-7,9H2,1H3. The van der Waals surface area contributed by atoms with E-state index in [2.05, 4.69) is 41.1 Å². The molecule has 92 valence electrons. The lowest BCUT2D eigenvalue weighted by molar-refractivity contribution is -0.131. The molecule has 1 heterocycles. The van der Waals surface area contributed by atoms with Crippen LogP contribution in [0.4, 0.5) is 0 Å². The first kappa shape index (κ1) is 13.0. The highest BCUT2D eigenvalue weighted by atomic mass is 79.9. The minimum Gasteiger partial charge on any atom is -0.337 e. The summed E-state index contributed by atoms with van der Waals surface area (Å²) in [5.74, 6) is 1.24. The van der Waals surface area contributed by atoms with Crippen LogP contribution in [0.25, 0.3) is 0 Å². The molecule has 2 nitrogen and oxygen atoms in total. The van der Waals surface area contributed by atoms with E-state index in [-0.39, 0.29) is 5.91 Å². The Bertz CT molecular complexity index is 422. The molecule has 0 unspecified atom stereocenters. The van der Waals surface area contributed by atoms with E-state index in [4.69, 9.17) is 0 Å². The number of alkyl halides is 1. The van der Waals surface area contributed by atoms with Gasteiger partial charge in [-0.2, -0.15) is 0 Å². The highest BCUT2D eigenvalue weighted by Crippen LogP contribution is 2.28. The highest BCUT2D eigenvalue weighted by Gasteiger charge is 2.18. The van der Waals surface area contributed by atoms with Crippen molar-refractivity contribution in [2.75, 3.05) is 17.6 Å². The van der Waals surface area contributed by atoms with E-state index in [0.29, 0.717) is 6.42 Å². The molecule has 0 aliphatic carbocycles. The first-order chi connectivity index (χ1) is 8.20. The van der Waals surface area contributed by atoms with Crippen LogP contribution in [0, 0.1) is 6.92 Å². The third-order valence-corrected chi connectivity index (χ3v) is 4.35. The molecule has 1 aromatic rings. The number of fused-ring (bicyclic) bond motifs is 1. The molecule has 0 aromatic heterocycles. The molecule has 1 aliphatic heterocycles. The highest BCUT2D eigenvalue weighted by molar-refractivity contribution is 9.09. The third kappa shape index (κ3) is 3.26. The van der Waals surface area contributed by atoms with E-state index in [0.717, 1.165) is 24.2 Å². The van der Waals surface area contributed by atoms with Crippen LogP contribution in [0.5, 0.6) is 0 Å². The smallest absolute Gasteiger partial charge is 0.223 e. The maximum Gasteiger partial charge on any atom is 0.223 e. The molecule has 0 radical (unpaired) electrons. The SMILES string of the molecule is Cc1ccc2c(c1)CN(C(=O)CCBr)CCS2. The molecule has 1 amide bonds. The van der Waals surface area contributed by atoms with Crippen LogP contribution in [0.15, 0.2) is 23.1 Å². The second-order valence-corrected chi connectivity index (χ2v) is 6.14. The summed E-state index contributed by atoms with van der Waals surface area (Å²) in [6.07, 6.45) is 0.589. The van der Waals surface area contributed by atoms with Crippen LogP contribution in [0.3, 0.4) is 0 Å². The molecule has 0 bridgehead atoms. The molecule has 1 aromatic carbocycles. The summed E-state index contributed by atoms with van der Waals surface area (Å²) in [4.78, 5) is 15.2. The molecular weight excluding hydrogens is 298 g/mol. The van der Waals surface area contributed by atoms with Gasteiger partial charge in [0.2, 0.25) is 5.91 Å². The molecule has 0 spiro atoms. The van der Waals surface area contributed by atoms with Gasteiger partial charge in [-0.25, -0.2) is 0 Å². The largest absolute Gasteiger partial charge is 0.337 e. The number of amides is 1. The van der Waals surface area contributed by atoms with Crippen molar-refractivity contribution in [2.45, 2.75) is 24.8 Å². The monoisotopic (exact) mass is 313 g/mol. The van der Waals surface area contributed by atoms with Crippen molar-refractivity contribution in [3.05, 3.63) is 29.3 Å². The number of nitrogens with zero attached hydrogens (tertiary/aromatic N) is 1. The van der Waals surface area contributed by atoms with Crippen LogP contribution in [0.1, 0.15) is 17.5 Å². The lowest BCUT2D eigenvalue weighted by atomic mass is 10.1. The Hall–Kier alpha value is -0.480. The molecule has 17 heavy (non-hydrogen) atoms. The lowest BCUT2D eigenvalue weighted by Gasteiger charge is -2.20. The Kier molecular flexibility index (Phi) is 4.51. The summed E-state index contributed by atoms with van der Waals surface area (Å²) in [6.45, 7) is 3.71. The van der Waals surface area contributed by atoms with Crippen molar-refractivity contribution in [3.8, 4) is 0 Å². The summed E-state index contributed by atoms with van der Waals surface area (Å²) in [6, 6.07) is 6.51. The second kappa shape index (κ2) is 5.91. The predicted molar refractivity (Wildman–Crippen MR) is 75.7 cm³/mol. The number of halogens is 1. The fourth-order valence-electron chi connectivity index (χ4n) is 1.97. The van der Waals surface area contributed by atoms with Gasteiger partial charge in [0.15, 0.2) is 0 Å². The molecule has 0 N–H and O–H groups in total. The fourth-order valence-corrected chi connectivity index (χ4v) is 3.32. The van der Waals surface area contributed by atoms with Crippen molar-refractivity contribution < 1.29 is 4.79 Å². The zero-order chi connectivity index (χ0) is 12.3. The van der Waals surface area contributed by atoms with Crippen molar-refractivity contribution >= 4 is 33.6 Å². The normalized spacial score (nSPS) is 15.3. The van der Waals surface area contributed by atoms with Crippen LogP contribution in [0.2, 0.25) is 0 Å². The molecule has 0 fully saturated rings. The van der Waals surface area contributed by atoms with Crippen LogP contribution in [-0.4, -0.2) is 28.4 Å². The van der Waals surface area contributed by atoms with Gasteiger partial charge in [0.05, 0.1) is 0 Å². The summed E-state index contributed by atoms with van der Waals surface area (Å²) >= 11 is 5.18. The van der Waals surface area contributed by atoms with Crippen LogP contribution >= 0.6 is 27.7 Å². The van der Waals surface area contributed by atoms with Gasteiger partial charge in [-0.3, -0.25) is 4.79 Å². The molecule has 1 aliphatic rings. The lowest BCUT2D eigenvalue weighted by Crippen LogP contribution is -2.31. The number of hydrogen-bond acceptors (Lipinski definition) is 2. The summed E-state index contributed by atoms with van der Waals surface area (Å²) < 4.78 is 0. The van der Waals surface area contributed by atoms with Gasteiger partial charge in [0, 0.05) is 35.5 Å². The van der Waals surface area contributed by atoms with E-state index in [1.807, 2.05) is 16.7 Å². The zero-order valence-corrected chi connectivity index (χ0v) is 12.3. The van der Waals surface area contributed by atoms with E-state index in [1.165, 1.54) is 16.0 Å². The Morgan fingerprint density at radius 2 is 2.35 bits per heavy atom. The van der Waals surface area contributed by atoms with Crippen LogP contribution in [-0.2, 0) is 11.3 Å². The summed E-state index contributed by atoms with van der Waals surface area (Å²) in [5.41, 5.74) is 2.55. The van der Waals surface area contributed by atoms with Gasteiger partial charge < -0.3 is 4.90 Å². The maximum atomic E-state index is 11.9. The molecule has 4 heteroatoms. The van der Waals surface area contributed by atoms with Crippen LogP contribution < -0.4 is 0 Å². The Morgan fingerprint density at radius 3 is 3.12 bits per heavy atom. The first-order valence-electron chi connectivity index (χ1n) is 5.77. The van der Waals surface area contributed by atoms with Gasteiger partial charge in [-0.05, 0) is 18.6 Å². The number of carbonyl (C=O) groups is 1. The number of carbonyl (C=O) groups excluding carboxylic acids is 1. The van der Waals surface area contributed by atoms with E-state index >= 15 is 0 Å². The zero-order valence-electron chi connectivity index (χ0n) is 9.91. The van der Waals surface area contributed by atoms with E-state index < -0.39 is 0 Å². The molecule has 0 saturated heterocycles. The fraction of sp³-hybridized carbons (Fsp3) is 0.462. The first-order valence-corrected chi connectivity index (χ1v) is 7.87. The van der Waals surface area contributed by atoms with Crippen molar-refractivity contribution in [2.24, 2.45) is 0 Å².